The topological polar surface area (TPSA) is 44.8 Å². The van der Waals surface area contributed by atoms with Crippen molar-refractivity contribution in [3.05, 3.63) is 29.8 Å². The molecule has 1 amide bonds. The van der Waals surface area contributed by atoms with E-state index in [4.69, 9.17) is 4.74 Å². The first-order chi connectivity index (χ1) is 12.1. The van der Waals surface area contributed by atoms with Gasteiger partial charge >= 0.3 is 0 Å². The molecule has 25 heavy (non-hydrogen) atoms. The third kappa shape index (κ3) is 4.33. The number of nitrogens with zero attached hydrogens (tertiary/aromatic N) is 2. The Kier molecular flexibility index (Phi) is 5.97. The summed E-state index contributed by atoms with van der Waals surface area (Å²) in [5, 5.41) is 3.09. The smallest absolute Gasteiger partial charge is 0.237 e. The molecule has 0 radical (unpaired) electrons. The van der Waals surface area contributed by atoms with Crippen LogP contribution in [0.15, 0.2) is 24.3 Å². The molecule has 2 heterocycles. The Bertz CT molecular complexity index is 584. The maximum atomic E-state index is 12.6. The molecule has 0 unspecified atom stereocenters. The number of benzene rings is 1. The molecule has 0 spiro atoms. The standard InChI is InChI=1S/C20H31N3O2/c1-15(20(24)21-14-18-9-6-12-25-18)23-11-5-10-19(23)16-7-4-8-17(13-16)22(2)3/h4,7-8,13,15,18-19H,5-6,9-12,14H2,1-3H3,(H,21,24)/t15-,18-,19+/m1/s1. The first-order valence-corrected chi connectivity index (χ1v) is 9.48. The number of carbonyl (C=O) groups is 1. The quantitative estimate of drug-likeness (QED) is 0.861. The van der Waals surface area contributed by atoms with Crippen molar-refractivity contribution >= 4 is 11.6 Å². The minimum atomic E-state index is -0.114. The molecule has 2 aliphatic rings. The van der Waals surface area contributed by atoms with Gasteiger partial charge in [0.1, 0.15) is 0 Å². The molecular weight excluding hydrogens is 314 g/mol. The highest BCUT2D eigenvalue weighted by molar-refractivity contribution is 5.81. The molecule has 3 atom stereocenters. The fraction of sp³-hybridized carbons (Fsp3) is 0.650. The minimum absolute atomic E-state index is 0.114. The number of ether oxygens (including phenoxy) is 1. The van der Waals surface area contributed by atoms with Crippen molar-refractivity contribution in [3.63, 3.8) is 0 Å². The lowest BCUT2D eigenvalue weighted by Crippen LogP contribution is -2.46. The van der Waals surface area contributed by atoms with Crippen LogP contribution in [-0.4, -0.2) is 56.7 Å². The molecule has 2 fully saturated rings. The second-order valence-electron chi connectivity index (χ2n) is 7.44. The van der Waals surface area contributed by atoms with Crippen molar-refractivity contribution < 1.29 is 9.53 Å². The summed E-state index contributed by atoms with van der Waals surface area (Å²) in [7, 11) is 4.12. The number of hydrogen-bond donors (Lipinski definition) is 1. The molecule has 1 N–H and O–H groups in total. The van der Waals surface area contributed by atoms with Gasteiger partial charge < -0.3 is 15.0 Å². The van der Waals surface area contributed by atoms with E-state index in [1.54, 1.807) is 0 Å². The van der Waals surface area contributed by atoms with Crippen LogP contribution in [0.2, 0.25) is 0 Å². The zero-order valence-electron chi connectivity index (χ0n) is 15.7. The largest absolute Gasteiger partial charge is 0.378 e. The first-order valence-electron chi connectivity index (χ1n) is 9.48. The highest BCUT2D eigenvalue weighted by Gasteiger charge is 2.33. The number of carbonyl (C=O) groups excluding carboxylic acids is 1. The Labute approximate surface area is 151 Å². The summed E-state index contributed by atoms with van der Waals surface area (Å²) >= 11 is 0. The lowest BCUT2D eigenvalue weighted by Gasteiger charge is -2.31. The van der Waals surface area contributed by atoms with Crippen molar-refractivity contribution in [2.45, 2.75) is 50.8 Å². The van der Waals surface area contributed by atoms with E-state index in [1.807, 2.05) is 6.92 Å². The Balaban J connectivity index is 1.63. The lowest BCUT2D eigenvalue weighted by atomic mass is 10.0. The summed E-state index contributed by atoms with van der Waals surface area (Å²) in [4.78, 5) is 17.1. The Morgan fingerprint density at radius 2 is 2.20 bits per heavy atom. The molecule has 0 aliphatic carbocycles. The van der Waals surface area contributed by atoms with Crippen molar-refractivity contribution in [1.82, 2.24) is 10.2 Å². The predicted molar refractivity (Wildman–Crippen MR) is 101 cm³/mol. The van der Waals surface area contributed by atoms with Gasteiger partial charge in [0.15, 0.2) is 0 Å². The molecular formula is C20H31N3O2. The van der Waals surface area contributed by atoms with Crippen molar-refractivity contribution in [2.75, 3.05) is 38.7 Å². The number of nitrogens with one attached hydrogen (secondary N) is 1. The van der Waals surface area contributed by atoms with Crippen LogP contribution in [0.1, 0.15) is 44.2 Å². The van der Waals surface area contributed by atoms with Gasteiger partial charge in [-0.15, -0.1) is 0 Å². The van der Waals surface area contributed by atoms with Crippen molar-refractivity contribution in [3.8, 4) is 0 Å². The summed E-state index contributed by atoms with van der Waals surface area (Å²) in [6.45, 7) is 4.47. The van der Waals surface area contributed by atoms with Crippen LogP contribution < -0.4 is 10.2 Å². The zero-order chi connectivity index (χ0) is 17.8. The van der Waals surface area contributed by atoms with Crippen LogP contribution in [0.5, 0.6) is 0 Å². The third-order valence-corrected chi connectivity index (χ3v) is 5.47. The van der Waals surface area contributed by atoms with E-state index in [-0.39, 0.29) is 18.1 Å². The van der Waals surface area contributed by atoms with Gasteiger partial charge in [-0.1, -0.05) is 12.1 Å². The highest BCUT2D eigenvalue weighted by atomic mass is 16.5. The van der Waals surface area contributed by atoms with Crippen LogP contribution in [0.3, 0.4) is 0 Å². The van der Waals surface area contributed by atoms with Crippen LogP contribution in [0.25, 0.3) is 0 Å². The molecule has 2 aliphatic heterocycles. The van der Waals surface area contributed by atoms with Gasteiger partial charge in [0.05, 0.1) is 12.1 Å². The Morgan fingerprint density at radius 3 is 2.92 bits per heavy atom. The SMILES string of the molecule is C[C@H](C(=O)NC[C@H]1CCCO1)N1CCC[C@H]1c1cccc(N(C)C)c1. The average molecular weight is 345 g/mol. The average Bonchev–Trinajstić information content (AvgIpc) is 3.30. The van der Waals surface area contributed by atoms with E-state index in [1.165, 1.54) is 11.3 Å². The van der Waals surface area contributed by atoms with Crippen LogP contribution >= 0.6 is 0 Å². The van der Waals surface area contributed by atoms with Crippen molar-refractivity contribution in [2.24, 2.45) is 0 Å². The summed E-state index contributed by atoms with van der Waals surface area (Å²) in [5.41, 5.74) is 2.52. The van der Waals surface area contributed by atoms with E-state index in [0.29, 0.717) is 12.6 Å². The van der Waals surface area contributed by atoms with Gasteiger partial charge in [-0.25, -0.2) is 0 Å². The monoisotopic (exact) mass is 345 g/mol. The second-order valence-corrected chi connectivity index (χ2v) is 7.44. The number of rotatable bonds is 6. The van der Waals surface area contributed by atoms with E-state index in [0.717, 1.165) is 38.8 Å². The van der Waals surface area contributed by atoms with Crippen LogP contribution in [-0.2, 0) is 9.53 Å². The molecule has 0 bridgehead atoms. The number of anilines is 1. The first kappa shape index (κ1) is 18.2. The molecule has 3 rings (SSSR count). The van der Waals surface area contributed by atoms with E-state index in [2.05, 4.69) is 53.5 Å². The number of amides is 1. The maximum Gasteiger partial charge on any atom is 0.237 e. The molecule has 5 nitrogen and oxygen atoms in total. The summed E-state index contributed by atoms with van der Waals surface area (Å²) in [6, 6.07) is 8.89. The van der Waals surface area contributed by atoms with Gasteiger partial charge in [0, 0.05) is 39.0 Å². The van der Waals surface area contributed by atoms with Crippen LogP contribution in [0, 0.1) is 0 Å². The van der Waals surface area contributed by atoms with Gasteiger partial charge in [-0.2, -0.15) is 0 Å². The van der Waals surface area contributed by atoms with Crippen LogP contribution in [0.4, 0.5) is 5.69 Å². The Hall–Kier alpha value is -1.59. The minimum Gasteiger partial charge on any atom is -0.378 e. The number of hydrogen-bond acceptors (Lipinski definition) is 4. The summed E-state index contributed by atoms with van der Waals surface area (Å²) in [6.07, 6.45) is 4.60. The molecule has 0 aromatic heterocycles. The van der Waals surface area contributed by atoms with Gasteiger partial charge in [-0.3, -0.25) is 9.69 Å². The molecule has 1 aromatic carbocycles. The van der Waals surface area contributed by atoms with E-state index >= 15 is 0 Å². The maximum absolute atomic E-state index is 12.6. The predicted octanol–water partition coefficient (Wildman–Crippen LogP) is 2.57. The number of likely N-dealkylation sites (tertiary alicyclic amines) is 1. The zero-order valence-corrected chi connectivity index (χ0v) is 15.7. The second kappa shape index (κ2) is 8.19. The highest BCUT2D eigenvalue weighted by Crippen LogP contribution is 2.34. The summed E-state index contributed by atoms with van der Waals surface area (Å²) < 4.78 is 5.60. The normalized spacial score (nSPS) is 25.1. The molecule has 138 valence electrons. The Morgan fingerprint density at radius 1 is 1.36 bits per heavy atom. The fourth-order valence-electron chi connectivity index (χ4n) is 3.94. The summed E-state index contributed by atoms with van der Waals surface area (Å²) in [5.74, 6) is 0.117. The van der Waals surface area contributed by atoms with E-state index < -0.39 is 0 Å². The molecule has 1 aromatic rings. The lowest BCUT2D eigenvalue weighted by molar-refractivity contribution is -0.126. The van der Waals surface area contributed by atoms with Gasteiger partial charge in [-0.05, 0) is 56.8 Å². The molecule has 2 saturated heterocycles. The molecule has 5 heteroatoms. The van der Waals surface area contributed by atoms with E-state index in [9.17, 15) is 4.79 Å². The van der Waals surface area contributed by atoms with Gasteiger partial charge in [0.2, 0.25) is 5.91 Å². The van der Waals surface area contributed by atoms with Crippen molar-refractivity contribution in [1.29, 1.82) is 0 Å². The fourth-order valence-corrected chi connectivity index (χ4v) is 3.94. The van der Waals surface area contributed by atoms with Gasteiger partial charge in [0.25, 0.3) is 0 Å². The third-order valence-electron chi connectivity index (χ3n) is 5.47. The molecule has 0 saturated carbocycles.